The van der Waals surface area contributed by atoms with Crippen molar-refractivity contribution in [3.8, 4) is 0 Å². The maximum absolute atomic E-state index is 5.98. The van der Waals surface area contributed by atoms with Crippen molar-refractivity contribution in [3.63, 3.8) is 0 Å². The van der Waals surface area contributed by atoms with Gasteiger partial charge in [-0.15, -0.1) is 0 Å². The first-order valence-corrected chi connectivity index (χ1v) is 7.98. The summed E-state index contributed by atoms with van der Waals surface area (Å²) in [5.74, 6) is 0. The van der Waals surface area contributed by atoms with Gasteiger partial charge < -0.3 is 5.32 Å². The van der Waals surface area contributed by atoms with Gasteiger partial charge in [0.15, 0.2) is 0 Å². The molecular formula is C15H23BrClN. The molecule has 0 amide bonds. The van der Waals surface area contributed by atoms with Gasteiger partial charge in [0.05, 0.1) is 0 Å². The molecule has 102 valence electrons. The number of hydrogen-bond acceptors (Lipinski definition) is 1. The van der Waals surface area contributed by atoms with Crippen LogP contribution in [0.2, 0.25) is 5.02 Å². The molecule has 1 atom stereocenters. The van der Waals surface area contributed by atoms with Crippen LogP contribution in [0.5, 0.6) is 0 Å². The SMILES string of the molecule is CCCCCCCC(NC)c1ccc(Cl)cc1Br. The summed E-state index contributed by atoms with van der Waals surface area (Å²) in [5, 5.41) is 4.18. The number of rotatable bonds is 8. The fourth-order valence-electron chi connectivity index (χ4n) is 2.19. The Labute approximate surface area is 124 Å². The molecule has 0 bridgehead atoms. The quantitative estimate of drug-likeness (QED) is 0.600. The molecule has 0 aromatic heterocycles. The first-order chi connectivity index (χ1) is 8.69. The second-order valence-corrected chi connectivity index (χ2v) is 6.00. The van der Waals surface area contributed by atoms with Crippen LogP contribution >= 0.6 is 27.5 Å². The minimum absolute atomic E-state index is 0.415. The Kier molecular flexibility index (Phi) is 7.96. The highest BCUT2D eigenvalue weighted by Gasteiger charge is 2.12. The molecule has 0 saturated carbocycles. The van der Waals surface area contributed by atoms with Gasteiger partial charge in [0.2, 0.25) is 0 Å². The molecule has 3 heteroatoms. The molecule has 1 aromatic rings. The summed E-state index contributed by atoms with van der Waals surface area (Å²) in [6.45, 7) is 2.25. The topological polar surface area (TPSA) is 12.0 Å². The van der Waals surface area contributed by atoms with Crippen molar-refractivity contribution in [2.24, 2.45) is 0 Å². The van der Waals surface area contributed by atoms with E-state index in [0.717, 1.165) is 9.50 Å². The van der Waals surface area contributed by atoms with E-state index in [2.05, 4.69) is 34.2 Å². The molecule has 0 radical (unpaired) electrons. The van der Waals surface area contributed by atoms with Gasteiger partial charge in [0, 0.05) is 15.5 Å². The maximum Gasteiger partial charge on any atom is 0.0417 e. The number of nitrogens with one attached hydrogen (secondary N) is 1. The van der Waals surface area contributed by atoms with Crippen LogP contribution in [0, 0.1) is 0 Å². The Morgan fingerprint density at radius 3 is 2.56 bits per heavy atom. The van der Waals surface area contributed by atoms with Crippen molar-refractivity contribution in [2.75, 3.05) is 7.05 Å². The highest BCUT2D eigenvalue weighted by Crippen LogP contribution is 2.29. The largest absolute Gasteiger partial charge is 0.313 e. The standard InChI is InChI=1S/C15H23BrClN/c1-3-4-5-6-7-8-15(18-2)13-10-9-12(17)11-14(13)16/h9-11,15,18H,3-8H2,1-2H3. The van der Waals surface area contributed by atoms with Crippen molar-refractivity contribution < 1.29 is 0 Å². The third-order valence-electron chi connectivity index (χ3n) is 3.28. The van der Waals surface area contributed by atoms with Gasteiger partial charge >= 0.3 is 0 Å². The van der Waals surface area contributed by atoms with Crippen LogP contribution in [-0.2, 0) is 0 Å². The summed E-state index contributed by atoms with van der Waals surface area (Å²) >= 11 is 9.57. The van der Waals surface area contributed by atoms with E-state index in [-0.39, 0.29) is 0 Å². The van der Waals surface area contributed by atoms with Gasteiger partial charge in [-0.25, -0.2) is 0 Å². The molecule has 1 rings (SSSR count). The van der Waals surface area contributed by atoms with Gasteiger partial charge in [0.25, 0.3) is 0 Å². The summed E-state index contributed by atoms with van der Waals surface area (Å²) in [7, 11) is 2.03. The number of hydrogen-bond donors (Lipinski definition) is 1. The van der Waals surface area contributed by atoms with Crippen molar-refractivity contribution in [1.29, 1.82) is 0 Å². The van der Waals surface area contributed by atoms with E-state index in [0.29, 0.717) is 6.04 Å². The van der Waals surface area contributed by atoms with Crippen LogP contribution in [0.1, 0.15) is 57.1 Å². The first kappa shape index (κ1) is 16.0. The molecule has 0 saturated heterocycles. The molecule has 0 aliphatic rings. The van der Waals surface area contributed by atoms with Crippen LogP contribution in [0.4, 0.5) is 0 Å². The lowest BCUT2D eigenvalue weighted by Crippen LogP contribution is -2.16. The van der Waals surface area contributed by atoms with Crippen LogP contribution in [-0.4, -0.2) is 7.05 Å². The van der Waals surface area contributed by atoms with E-state index in [9.17, 15) is 0 Å². The molecule has 1 unspecified atom stereocenters. The molecular weight excluding hydrogens is 310 g/mol. The lowest BCUT2D eigenvalue weighted by Gasteiger charge is -2.18. The average molecular weight is 333 g/mol. The first-order valence-electron chi connectivity index (χ1n) is 6.81. The second kappa shape index (κ2) is 8.95. The molecule has 18 heavy (non-hydrogen) atoms. The second-order valence-electron chi connectivity index (χ2n) is 4.71. The van der Waals surface area contributed by atoms with Gasteiger partial charge in [0.1, 0.15) is 0 Å². The summed E-state index contributed by atoms with van der Waals surface area (Å²) in [6, 6.07) is 6.46. The van der Waals surface area contributed by atoms with Gasteiger partial charge in [-0.1, -0.05) is 72.6 Å². The van der Waals surface area contributed by atoms with E-state index in [1.165, 1.54) is 44.1 Å². The monoisotopic (exact) mass is 331 g/mol. The predicted molar refractivity (Wildman–Crippen MR) is 84.3 cm³/mol. The molecule has 0 heterocycles. The fraction of sp³-hybridized carbons (Fsp3) is 0.600. The highest BCUT2D eigenvalue weighted by molar-refractivity contribution is 9.10. The summed E-state index contributed by atoms with van der Waals surface area (Å²) in [5.41, 5.74) is 1.30. The molecule has 0 aliphatic heterocycles. The predicted octanol–water partition coefficient (Wildman–Crippen LogP) is 5.72. The molecule has 0 aliphatic carbocycles. The van der Waals surface area contributed by atoms with Crippen LogP contribution in [0.25, 0.3) is 0 Å². The number of unbranched alkanes of at least 4 members (excludes halogenated alkanes) is 4. The summed E-state index contributed by atoms with van der Waals surface area (Å²) in [6.07, 6.45) is 7.81. The highest BCUT2D eigenvalue weighted by atomic mass is 79.9. The summed E-state index contributed by atoms with van der Waals surface area (Å²) < 4.78 is 1.10. The molecule has 0 spiro atoms. The zero-order chi connectivity index (χ0) is 13.4. The van der Waals surface area contributed by atoms with Gasteiger partial charge in [-0.3, -0.25) is 0 Å². The fourth-order valence-corrected chi connectivity index (χ4v) is 3.15. The third-order valence-corrected chi connectivity index (χ3v) is 4.20. The van der Waals surface area contributed by atoms with Gasteiger partial charge in [-0.05, 0) is 31.2 Å². The van der Waals surface area contributed by atoms with Crippen molar-refractivity contribution in [3.05, 3.63) is 33.3 Å². The van der Waals surface area contributed by atoms with E-state index in [1.807, 2.05) is 19.2 Å². The van der Waals surface area contributed by atoms with Crippen molar-refractivity contribution in [2.45, 2.75) is 51.5 Å². The minimum atomic E-state index is 0.415. The molecule has 1 N–H and O–H groups in total. The lowest BCUT2D eigenvalue weighted by molar-refractivity contribution is 0.499. The molecule has 1 aromatic carbocycles. The van der Waals surface area contributed by atoms with E-state index in [4.69, 9.17) is 11.6 Å². The average Bonchev–Trinajstić information content (AvgIpc) is 2.35. The number of benzene rings is 1. The Hall–Kier alpha value is -0.0500. The van der Waals surface area contributed by atoms with Crippen LogP contribution in [0.3, 0.4) is 0 Å². The normalized spacial score (nSPS) is 12.7. The van der Waals surface area contributed by atoms with Crippen molar-refractivity contribution >= 4 is 27.5 Å². The smallest absolute Gasteiger partial charge is 0.0417 e. The zero-order valence-electron chi connectivity index (χ0n) is 11.3. The van der Waals surface area contributed by atoms with E-state index in [1.54, 1.807) is 0 Å². The maximum atomic E-state index is 5.98. The molecule has 1 nitrogen and oxygen atoms in total. The summed E-state index contributed by atoms with van der Waals surface area (Å²) in [4.78, 5) is 0. The van der Waals surface area contributed by atoms with Crippen molar-refractivity contribution in [1.82, 2.24) is 5.32 Å². The Balaban J connectivity index is 2.49. The lowest BCUT2D eigenvalue weighted by atomic mass is 10.00. The zero-order valence-corrected chi connectivity index (χ0v) is 13.6. The van der Waals surface area contributed by atoms with Crippen LogP contribution in [0.15, 0.2) is 22.7 Å². The Bertz CT molecular complexity index is 354. The van der Waals surface area contributed by atoms with E-state index >= 15 is 0 Å². The third kappa shape index (κ3) is 5.29. The van der Waals surface area contributed by atoms with E-state index < -0.39 is 0 Å². The van der Waals surface area contributed by atoms with Crippen LogP contribution < -0.4 is 5.32 Å². The Morgan fingerprint density at radius 2 is 1.94 bits per heavy atom. The Morgan fingerprint density at radius 1 is 1.22 bits per heavy atom. The van der Waals surface area contributed by atoms with Gasteiger partial charge in [-0.2, -0.15) is 0 Å². The molecule has 0 fully saturated rings. The minimum Gasteiger partial charge on any atom is -0.313 e. The number of halogens is 2.